The first-order chi connectivity index (χ1) is 10.7. The minimum absolute atomic E-state index is 0.193. The van der Waals surface area contributed by atoms with Crippen molar-refractivity contribution in [2.75, 3.05) is 11.9 Å². The Morgan fingerprint density at radius 3 is 2.45 bits per heavy atom. The molecule has 5 nitrogen and oxygen atoms in total. The molecule has 0 fully saturated rings. The molecule has 22 heavy (non-hydrogen) atoms. The van der Waals surface area contributed by atoms with Crippen molar-refractivity contribution in [3.05, 3.63) is 29.8 Å². The van der Waals surface area contributed by atoms with E-state index in [2.05, 4.69) is 12.2 Å². The van der Waals surface area contributed by atoms with Gasteiger partial charge in [0, 0.05) is 5.69 Å². The maximum atomic E-state index is 11.8. The lowest BCUT2D eigenvalue weighted by atomic mass is 10.2. The minimum atomic E-state index is -0.370. The van der Waals surface area contributed by atoms with E-state index in [1.165, 1.54) is 19.3 Å². The van der Waals surface area contributed by atoms with Crippen molar-refractivity contribution in [1.82, 2.24) is 0 Å². The Bertz CT molecular complexity index is 518. The number of esters is 1. The van der Waals surface area contributed by atoms with Gasteiger partial charge in [-0.2, -0.15) is 5.26 Å². The third-order valence-corrected chi connectivity index (χ3v) is 3.13. The average Bonchev–Trinajstić information content (AvgIpc) is 2.51. The molecule has 1 aromatic rings. The highest BCUT2D eigenvalue weighted by Gasteiger charge is 2.07. The molecule has 0 aliphatic rings. The number of rotatable bonds is 9. The molecule has 1 aromatic carbocycles. The first-order valence-electron chi connectivity index (χ1n) is 7.61. The number of ether oxygens (including phenoxy) is 1. The van der Waals surface area contributed by atoms with Gasteiger partial charge < -0.3 is 10.1 Å². The monoisotopic (exact) mass is 302 g/mol. The van der Waals surface area contributed by atoms with Crippen LogP contribution < -0.4 is 5.32 Å². The summed E-state index contributed by atoms with van der Waals surface area (Å²) in [7, 11) is 0. The van der Waals surface area contributed by atoms with Crippen molar-refractivity contribution in [2.24, 2.45) is 0 Å². The first-order valence-corrected chi connectivity index (χ1v) is 7.61. The second-order valence-electron chi connectivity index (χ2n) is 5.01. The predicted molar refractivity (Wildman–Crippen MR) is 84.3 cm³/mol. The molecule has 1 amide bonds. The van der Waals surface area contributed by atoms with Crippen LogP contribution in [0.4, 0.5) is 5.69 Å². The number of benzene rings is 1. The number of nitrogens with zero attached hydrogens (tertiary/aromatic N) is 1. The van der Waals surface area contributed by atoms with Gasteiger partial charge in [-0.15, -0.1) is 0 Å². The van der Waals surface area contributed by atoms with Crippen molar-refractivity contribution in [1.29, 1.82) is 5.26 Å². The lowest BCUT2D eigenvalue weighted by Crippen LogP contribution is -2.11. The lowest BCUT2D eigenvalue weighted by Gasteiger charge is -2.06. The Labute approximate surface area is 131 Å². The second-order valence-corrected chi connectivity index (χ2v) is 5.01. The zero-order chi connectivity index (χ0) is 16.2. The number of hydrogen-bond acceptors (Lipinski definition) is 4. The topological polar surface area (TPSA) is 79.2 Å². The Morgan fingerprint density at radius 2 is 1.82 bits per heavy atom. The summed E-state index contributed by atoms with van der Waals surface area (Å²) in [5, 5.41) is 11.0. The van der Waals surface area contributed by atoms with Crippen LogP contribution in [0.25, 0.3) is 0 Å². The van der Waals surface area contributed by atoms with Gasteiger partial charge in [0.2, 0.25) is 5.91 Å². The molecule has 0 bridgehead atoms. The zero-order valence-electron chi connectivity index (χ0n) is 12.9. The Hall–Kier alpha value is -2.35. The number of anilines is 1. The van der Waals surface area contributed by atoms with E-state index in [1.807, 2.05) is 0 Å². The van der Waals surface area contributed by atoms with Crippen LogP contribution in [0.15, 0.2) is 24.3 Å². The Kier molecular flexibility index (Phi) is 8.36. The number of unbranched alkanes of at least 4 members (excludes halogenated alkanes) is 4. The number of carbonyl (C=O) groups is 2. The van der Waals surface area contributed by atoms with E-state index in [-0.39, 0.29) is 18.3 Å². The predicted octanol–water partition coefficient (Wildman–Crippen LogP) is 3.67. The summed E-state index contributed by atoms with van der Waals surface area (Å²) in [6.45, 7) is 2.59. The van der Waals surface area contributed by atoms with Crippen LogP contribution in [0.3, 0.4) is 0 Å². The van der Waals surface area contributed by atoms with Gasteiger partial charge in [0.25, 0.3) is 0 Å². The van der Waals surface area contributed by atoms with Gasteiger partial charge in [-0.25, -0.2) is 4.79 Å². The number of nitriles is 1. The fourth-order valence-corrected chi connectivity index (χ4v) is 1.92. The van der Waals surface area contributed by atoms with Gasteiger partial charge in [0.1, 0.15) is 6.42 Å². The molecular weight excluding hydrogens is 280 g/mol. The maximum Gasteiger partial charge on any atom is 0.338 e. The summed E-state index contributed by atoms with van der Waals surface area (Å²) in [4.78, 5) is 23.1. The molecule has 118 valence electrons. The standard InChI is InChI=1S/C17H22N2O3/c1-2-3-4-5-6-13-22-17(21)14-7-9-15(10-8-14)19-16(20)11-12-18/h7-10H,2-6,11,13H2,1H3,(H,19,20). The SMILES string of the molecule is CCCCCCCOC(=O)c1ccc(NC(=O)CC#N)cc1. The lowest BCUT2D eigenvalue weighted by molar-refractivity contribution is -0.115. The average molecular weight is 302 g/mol. The van der Waals surface area contributed by atoms with Crippen LogP contribution in [-0.2, 0) is 9.53 Å². The van der Waals surface area contributed by atoms with E-state index in [4.69, 9.17) is 10.00 Å². The molecule has 0 saturated heterocycles. The van der Waals surface area contributed by atoms with Crippen LogP contribution >= 0.6 is 0 Å². The van der Waals surface area contributed by atoms with Crippen LogP contribution in [0.1, 0.15) is 55.8 Å². The molecular formula is C17H22N2O3. The number of hydrogen-bond donors (Lipinski definition) is 1. The third-order valence-electron chi connectivity index (χ3n) is 3.13. The van der Waals surface area contributed by atoms with Gasteiger partial charge >= 0.3 is 5.97 Å². The molecule has 0 saturated carbocycles. The molecule has 1 N–H and O–H groups in total. The molecule has 5 heteroatoms. The van der Waals surface area contributed by atoms with E-state index in [1.54, 1.807) is 30.3 Å². The number of amides is 1. The van der Waals surface area contributed by atoms with Gasteiger partial charge in [0.05, 0.1) is 18.2 Å². The summed E-state index contributed by atoms with van der Waals surface area (Å²) < 4.78 is 5.20. The summed E-state index contributed by atoms with van der Waals surface area (Å²) >= 11 is 0. The fraction of sp³-hybridized carbons (Fsp3) is 0.471. The number of carbonyl (C=O) groups excluding carboxylic acids is 2. The molecule has 1 rings (SSSR count). The molecule has 0 aliphatic carbocycles. The van der Waals surface area contributed by atoms with Gasteiger partial charge in [-0.1, -0.05) is 32.6 Å². The highest BCUT2D eigenvalue weighted by molar-refractivity contribution is 5.93. The van der Waals surface area contributed by atoms with Crippen LogP contribution in [0.2, 0.25) is 0 Å². The molecule has 0 spiro atoms. The summed E-state index contributed by atoms with van der Waals surface area (Å²) in [5.74, 6) is -0.727. The van der Waals surface area contributed by atoms with Crippen molar-refractivity contribution >= 4 is 17.6 Å². The molecule has 0 aromatic heterocycles. The summed E-state index contributed by atoms with van der Waals surface area (Å²) in [6, 6.07) is 8.21. The molecule has 0 heterocycles. The van der Waals surface area contributed by atoms with E-state index in [0.29, 0.717) is 17.9 Å². The fourth-order valence-electron chi connectivity index (χ4n) is 1.92. The van der Waals surface area contributed by atoms with Crippen molar-refractivity contribution in [3.8, 4) is 6.07 Å². The summed E-state index contributed by atoms with van der Waals surface area (Å²) in [6.07, 6.45) is 5.34. The molecule has 0 radical (unpaired) electrons. The first kappa shape index (κ1) is 17.7. The minimum Gasteiger partial charge on any atom is -0.462 e. The van der Waals surface area contributed by atoms with E-state index in [9.17, 15) is 9.59 Å². The highest BCUT2D eigenvalue weighted by Crippen LogP contribution is 2.11. The second kappa shape index (κ2) is 10.4. The van der Waals surface area contributed by atoms with Crippen LogP contribution in [-0.4, -0.2) is 18.5 Å². The van der Waals surface area contributed by atoms with Gasteiger partial charge in [-0.3, -0.25) is 4.79 Å². The van der Waals surface area contributed by atoms with Crippen LogP contribution in [0, 0.1) is 11.3 Å². The quantitative estimate of drug-likeness (QED) is 0.557. The van der Waals surface area contributed by atoms with Crippen molar-refractivity contribution in [2.45, 2.75) is 45.4 Å². The van der Waals surface area contributed by atoms with Crippen molar-refractivity contribution < 1.29 is 14.3 Å². The van der Waals surface area contributed by atoms with Gasteiger partial charge in [0.15, 0.2) is 0 Å². The maximum absolute atomic E-state index is 11.8. The van der Waals surface area contributed by atoms with E-state index < -0.39 is 0 Å². The Morgan fingerprint density at radius 1 is 1.14 bits per heavy atom. The largest absolute Gasteiger partial charge is 0.462 e. The molecule has 0 atom stereocenters. The van der Waals surface area contributed by atoms with E-state index >= 15 is 0 Å². The normalized spacial score (nSPS) is 9.82. The van der Waals surface area contributed by atoms with Gasteiger partial charge in [-0.05, 0) is 30.7 Å². The molecule has 0 unspecified atom stereocenters. The van der Waals surface area contributed by atoms with Crippen LogP contribution in [0.5, 0.6) is 0 Å². The Balaban J connectivity index is 2.34. The van der Waals surface area contributed by atoms with Crippen molar-refractivity contribution in [3.63, 3.8) is 0 Å². The molecule has 0 aliphatic heterocycles. The smallest absolute Gasteiger partial charge is 0.338 e. The summed E-state index contributed by atoms with van der Waals surface area (Å²) in [5.41, 5.74) is 1.00. The zero-order valence-corrected chi connectivity index (χ0v) is 12.9. The highest BCUT2D eigenvalue weighted by atomic mass is 16.5. The number of nitrogens with one attached hydrogen (secondary N) is 1. The third kappa shape index (κ3) is 6.89. The van der Waals surface area contributed by atoms with E-state index in [0.717, 1.165) is 12.8 Å².